The highest BCUT2D eigenvalue weighted by Gasteiger charge is 2.33. The standard InChI is InChI=1S/C28H21N3O5/c32-27-25(29-28(33)30(27)17-19-7-2-1-3-8-19)16-24-23-12-5-4-10-21(23)13-14-26(24)36-18-20-9-6-11-22(15-20)31(34)35/h1-16H,17-18H2,(H,29,33)/b25-16+. The molecule has 1 aliphatic heterocycles. The van der Waals surface area contributed by atoms with Crippen molar-refractivity contribution in [1.29, 1.82) is 0 Å². The molecule has 1 aliphatic rings. The summed E-state index contributed by atoms with van der Waals surface area (Å²) >= 11 is 0. The van der Waals surface area contributed by atoms with Gasteiger partial charge in [-0.25, -0.2) is 4.79 Å². The van der Waals surface area contributed by atoms with E-state index in [0.29, 0.717) is 16.9 Å². The van der Waals surface area contributed by atoms with Gasteiger partial charge in [-0.05, 0) is 34.0 Å². The Kier molecular flexibility index (Phi) is 6.15. The molecule has 0 aromatic heterocycles. The van der Waals surface area contributed by atoms with Crippen LogP contribution >= 0.6 is 0 Å². The van der Waals surface area contributed by atoms with Crippen molar-refractivity contribution in [2.24, 2.45) is 0 Å². The van der Waals surface area contributed by atoms with E-state index < -0.39 is 16.9 Å². The number of nitrogens with zero attached hydrogens (tertiary/aromatic N) is 2. The van der Waals surface area contributed by atoms with Crippen LogP contribution in [0.15, 0.2) is 96.7 Å². The maximum absolute atomic E-state index is 13.1. The normalized spacial score (nSPS) is 14.3. The minimum absolute atomic E-state index is 0.0188. The fraction of sp³-hybridized carbons (Fsp3) is 0.0714. The van der Waals surface area contributed by atoms with Crippen LogP contribution in [0.2, 0.25) is 0 Å². The van der Waals surface area contributed by atoms with Gasteiger partial charge in [-0.15, -0.1) is 0 Å². The number of non-ortho nitro benzene ring substituents is 1. The van der Waals surface area contributed by atoms with E-state index >= 15 is 0 Å². The average molecular weight is 479 g/mol. The van der Waals surface area contributed by atoms with E-state index in [1.165, 1.54) is 12.1 Å². The number of nitro groups is 1. The van der Waals surface area contributed by atoms with Gasteiger partial charge in [-0.2, -0.15) is 0 Å². The fourth-order valence-corrected chi connectivity index (χ4v) is 4.10. The molecule has 0 atom stereocenters. The molecular formula is C28H21N3O5. The number of imide groups is 1. The van der Waals surface area contributed by atoms with Crippen LogP contribution in [0.3, 0.4) is 0 Å². The summed E-state index contributed by atoms with van der Waals surface area (Å²) in [5.74, 6) is 0.0534. The number of hydrogen-bond acceptors (Lipinski definition) is 5. The molecule has 5 rings (SSSR count). The Bertz CT molecular complexity index is 1510. The predicted octanol–water partition coefficient (Wildman–Crippen LogP) is 5.42. The predicted molar refractivity (Wildman–Crippen MR) is 135 cm³/mol. The first-order valence-electron chi connectivity index (χ1n) is 11.3. The van der Waals surface area contributed by atoms with Gasteiger partial charge in [0.25, 0.3) is 11.6 Å². The quantitative estimate of drug-likeness (QED) is 0.165. The molecule has 0 aliphatic carbocycles. The summed E-state index contributed by atoms with van der Waals surface area (Å²) in [5, 5.41) is 15.6. The van der Waals surface area contributed by atoms with Gasteiger partial charge in [0.2, 0.25) is 0 Å². The number of carbonyl (C=O) groups excluding carboxylic acids is 2. The zero-order valence-electron chi connectivity index (χ0n) is 19.1. The highest BCUT2D eigenvalue weighted by molar-refractivity contribution is 6.14. The van der Waals surface area contributed by atoms with E-state index in [9.17, 15) is 19.7 Å². The molecule has 1 saturated heterocycles. The van der Waals surface area contributed by atoms with Gasteiger partial charge in [0.05, 0.1) is 11.5 Å². The number of ether oxygens (including phenoxy) is 1. The van der Waals surface area contributed by atoms with E-state index in [4.69, 9.17) is 4.74 Å². The van der Waals surface area contributed by atoms with Crippen molar-refractivity contribution in [2.75, 3.05) is 0 Å². The number of carbonyl (C=O) groups is 2. The smallest absolute Gasteiger partial charge is 0.329 e. The lowest BCUT2D eigenvalue weighted by Crippen LogP contribution is -2.30. The third-order valence-corrected chi connectivity index (χ3v) is 5.88. The second-order valence-corrected chi connectivity index (χ2v) is 8.28. The number of fused-ring (bicyclic) bond motifs is 1. The van der Waals surface area contributed by atoms with E-state index in [1.54, 1.807) is 24.3 Å². The minimum atomic E-state index is -0.491. The van der Waals surface area contributed by atoms with Crippen LogP contribution in [0.5, 0.6) is 5.75 Å². The van der Waals surface area contributed by atoms with Gasteiger partial charge in [0.1, 0.15) is 18.1 Å². The number of hydrogen-bond donors (Lipinski definition) is 1. The van der Waals surface area contributed by atoms with E-state index in [0.717, 1.165) is 21.2 Å². The SMILES string of the molecule is O=C1N/C(=C/c2c(OCc3cccc([N+](=O)[O-])c3)ccc3ccccc23)C(=O)N1Cc1ccccc1. The molecule has 1 fully saturated rings. The molecule has 1 N–H and O–H groups in total. The largest absolute Gasteiger partial charge is 0.488 e. The number of nitrogens with one attached hydrogen (secondary N) is 1. The topological polar surface area (TPSA) is 102 Å². The molecule has 0 bridgehead atoms. The molecule has 0 spiro atoms. The molecular weight excluding hydrogens is 458 g/mol. The van der Waals surface area contributed by atoms with Gasteiger partial charge in [-0.1, -0.05) is 72.8 Å². The van der Waals surface area contributed by atoms with E-state index in [2.05, 4.69) is 5.32 Å². The van der Waals surface area contributed by atoms with Crippen molar-refractivity contribution < 1.29 is 19.2 Å². The summed E-state index contributed by atoms with van der Waals surface area (Å²) < 4.78 is 6.06. The van der Waals surface area contributed by atoms with Crippen molar-refractivity contribution in [2.45, 2.75) is 13.2 Å². The second-order valence-electron chi connectivity index (χ2n) is 8.28. The van der Waals surface area contributed by atoms with Gasteiger partial charge < -0.3 is 10.1 Å². The molecule has 0 unspecified atom stereocenters. The molecule has 0 radical (unpaired) electrons. The van der Waals surface area contributed by atoms with Crippen LogP contribution in [0.1, 0.15) is 16.7 Å². The van der Waals surface area contributed by atoms with Crippen molar-refractivity contribution in [1.82, 2.24) is 10.2 Å². The lowest BCUT2D eigenvalue weighted by atomic mass is 10.0. The van der Waals surface area contributed by atoms with Gasteiger partial charge in [0, 0.05) is 17.7 Å². The summed E-state index contributed by atoms with van der Waals surface area (Å²) in [7, 11) is 0. The summed E-state index contributed by atoms with van der Waals surface area (Å²) in [4.78, 5) is 37.5. The second kappa shape index (κ2) is 9.71. The van der Waals surface area contributed by atoms with Crippen LogP contribution in [0.4, 0.5) is 10.5 Å². The van der Waals surface area contributed by atoms with Crippen molar-refractivity contribution in [3.05, 3.63) is 123 Å². The third kappa shape index (κ3) is 4.65. The lowest BCUT2D eigenvalue weighted by molar-refractivity contribution is -0.384. The molecule has 4 aromatic rings. The van der Waals surface area contributed by atoms with Crippen molar-refractivity contribution in [3.8, 4) is 5.75 Å². The van der Waals surface area contributed by atoms with Gasteiger partial charge >= 0.3 is 6.03 Å². The van der Waals surface area contributed by atoms with Crippen LogP contribution in [0, 0.1) is 10.1 Å². The molecule has 8 heteroatoms. The molecule has 178 valence electrons. The molecule has 0 saturated carbocycles. The number of amides is 3. The third-order valence-electron chi connectivity index (χ3n) is 5.88. The Morgan fingerprint density at radius 2 is 1.64 bits per heavy atom. The van der Waals surface area contributed by atoms with Crippen LogP contribution < -0.4 is 10.1 Å². The maximum Gasteiger partial charge on any atom is 0.329 e. The zero-order chi connectivity index (χ0) is 25.1. The van der Waals surface area contributed by atoms with E-state index in [-0.39, 0.29) is 24.5 Å². The Morgan fingerprint density at radius 3 is 2.44 bits per heavy atom. The monoisotopic (exact) mass is 479 g/mol. The van der Waals surface area contributed by atoms with Crippen LogP contribution in [-0.2, 0) is 17.9 Å². The minimum Gasteiger partial charge on any atom is -0.488 e. The molecule has 1 heterocycles. The number of benzene rings is 4. The Balaban J connectivity index is 1.47. The summed E-state index contributed by atoms with van der Waals surface area (Å²) in [6.45, 7) is 0.255. The average Bonchev–Trinajstić information content (AvgIpc) is 3.16. The highest BCUT2D eigenvalue weighted by Crippen LogP contribution is 2.32. The fourth-order valence-electron chi connectivity index (χ4n) is 4.10. The number of nitro benzene ring substituents is 1. The zero-order valence-corrected chi connectivity index (χ0v) is 19.1. The highest BCUT2D eigenvalue weighted by atomic mass is 16.6. The summed E-state index contributed by atoms with van der Waals surface area (Å²) in [5.41, 5.74) is 2.23. The van der Waals surface area contributed by atoms with Crippen molar-refractivity contribution >= 4 is 34.5 Å². The van der Waals surface area contributed by atoms with Gasteiger partial charge in [0.15, 0.2) is 0 Å². The number of urea groups is 1. The number of rotatable bonds is 7. The first kappa shape index (κ1) is 22.8. The van der Waals surface area contributed by atoms with Crippen LogP contribution in [0.25, 0.3) is 16.8 Å². The van der Waals surface area contributed by atoms with E-state index in [1.807, 2.05) is 60.7 Å². The summed E-state index contributed by atoms with van der Waals surface area (Å²) in [6.07, 6.45) is 1.62. The van der Waals surface area contributed by atoms with Gasteiger partial charge in [-0.3, -0.25) is 19.8 Å². The first-order valence-corrected chi connectivity index (χ1v) is 11.3. The Labute approximate surface area is 206 Å². The molecule has 8 nitrogen and oxygen atoms in total. The lowest BCUT2D eigenvalue weighted by Gasteiger charge is -2.13. The Morgan fingerprint density at radius 1 is 0.889 bits per heavy atom. The molecule has 3 amide bonds. The van der Waals surface area contributed by atoms with Crippen LogP contribution in [-0.4, -0.2) is 21.8 Å². The van der Waals surface area contributed by atoms with Crippen molar-refractivity contribution in [3.63, 3.8) is 0 Å². The maximum atomic E-state index is 13.1. The summed E-state index contributed by atoms with van der Waals surface area (Å²) in [6, 6.07) is 26.4. The first-order chi connectivity index (χ1) is 17.5. The molecule has 36 heavy (non-hydrogen) atoms. The molecule has 4 aromatic carbocycles. The Hall–Kier alpha value is -4.98.